The van der Waals surface area contributed by atoms with Crippen LogP contribution in [0.2, 0.25) is 0 Å². The van der Waals surface area contributed by atoms with E-state index in [9.17, 15) is 0 Å². The Labute approximate surface area is 105 Å². The van der Waals surface area contributed by atoms with E-state index in [0.29, 0.717) is 0 Å². The highest BCUT2D eigenvalue weighted by atomic mass is 31.1. The molecular formula is C15H20NP. The van der Waals surface area contributed by atoms with Crippen LogP contribution in [-0.2, 0) is 0 Å². The van der Waals surface area contributed by atoms with E-state index in [1.165, 1.54) is 23.2 Å². The Morgan fingerprint density at radius 2 is 1.18 bits per heavy atom. The predicted octanol–water partition coefficient (Wildman–Crippen LogP) is 3.69. The first-order chi connectivity index (χ1) is 7.92. The van der Waals surface area contributed by atoms with Crippen molar-refractivity contribution in [3.8, 4) is 0 Å². The van der Waals surface area contributed by atoms with Gasteiger partial charge in [-0.15, -0.1) is 0 Å². The number of benzene rings is 2. The minimum absolute atomic E-state index is 0. The fourth-order valence-electron chi connectivity index (χ4n) is 1.85. The first kappa shape index (κ1) is 13.9. The summed E-state index contributed by atoms with van der Waals surface area (Å²) in [5, 5.41) is 2.98. The van der Waals surface area contributed by atoms with Gasteiger partial charge in [-0.2, -0.15) is 0 Å². The summed E-state index contributed by atoms with van der Waals surface area (Å²) in [6.07, 6.45) is 2.53. The van der Waals surface area contributed by atoms with Crippen molar-refractivity contribution in [3.63, 3.8) is 0 Å². The third-order valence-corrected chi connectivity index (χ3v) is 5.32. The van der Waals surface area contributed by atoms with E-state index < -0.39 is 0 Å². The van der Waals surface area contributed by atoms with Crippen LogP contribution in [0.15, 0.2) is 60.7 Å². The van der Waals surface area contributed by atoms with Crippen molar-refractivity contribution in [2.75, 3.05) is 6.16 Å². The van der Waals surface area contributed by atoms with E-state index in [1.54, 1.807) is 0 Å². The molecule has 0 heterocycles. The Bertz CT molecular complexity index is 374. The zero-order valence-electron chi connectivity index (χ0n) is 10.3. The van der Waals surface area contributed by atoms with Gasteiger partial charge in [0, 0.05) is 0 Å². The first-order valence-corrected chi connectivity index (χ1v) is 7.32. The molecule has 0 aliphatic rings. The van der Waals surface area contributed by atoms with E-state index in [2.05, 4.69) is 67.6 Å². The summed E-state index contributed by atoms with van der Waals surface area (Å²) in [5.41, 5.74) is 0. The Hall–Kier alpha value is -1.17. The van der Waals surface area contributed by atoms with Gasteiger partial charge in [-0.1, -0.05) is 74.0 Å². The number of hydrogen-bond acceptors (Lipinski definition) is 1. The van der Waals surface area contributed by atoms with Crippen LogP contribution in [0.4, 0.5) is 0 Å². The van der Waals surface area contributed by atoms with Crippen LogP contribution in [0.5, 0.6) is 0 Å². The molecule has 2 rings (SSSR count). The topological polar surface area (TPSA) is 35.0 Å². The third kappa shape index (κ3) is 3.66. The summed E-state index contributed by atoms with van der Waals surface area (Å²) < 4.78 is 0. The highest BCUT2D eigenvalue weighted by Gasteiger charge is 2.11. The largest absolute Gasteiger partial charge is 0.344 e. The average molecular weight is 245 g/mol. The van der Waals surface area contributed by atoms with E-state index >= 15 is 0 Å². The predicted molar refractivity (Wildman–Crippen MR) is 79.3 cm³/mol. The average Bonchev–Trinajstić information content (AvgIpc) is 2.38. The molecule has 0 radical (unpaired) electrons. The standard InChI is InChI=1S/C15H17P.H3N/c1-2-13-16(14-9-5-3-6-10-14)15-11-7-4-8-12-15;/h3-12H,2,13H2,1H3;1H3. The molecule has 3 N–H and O–H groups in total. The molecule has 0 bridgehead atoms. The molecule has 0 spiro atoms. The quantitative estimate of drug-likeness (QED) is 0.819. The monoisotopic (exact) mass is 245 g/mol. The molecule has 0 atom stereocenters. The van der Waals surface area contributed by atoms with Crippen LogP contribution < -0.4 is 16.8 Å². The molecule has 0 aromatic heterocycles. The normalized spacial score (nSPS) is 10.0. The van der Waals surface area contributed by atoms with Gasteiger partial charge in [-0.3, -0.25) is 0 Å². The lowest BCUT2D eigenvalue weighted by molar-refractivity contribution is 1.10. The maximum Gasteiger partial charge on any atom is -0.0195 e. The highest BCUT2D eigenvalue weighted by Crippen LogP contribution is 2.33. The van der Waals surface area contributed by atoms with Crippen LogP contribution in [0.1, 0.15) is 13.3 Å². The summed E-state index contributed by atoms with van der Waals surface area (Å²) >= 11 is 0. The summed E-state index contributed by atoms with van der Waals surface area (Å²) in [7, 11) is -0.151. The Morgan fingerprint density at radius 1 is 0.765 bits per heavy atom. The molecule has 90 valence electrons. The van der Waals surface area contributed by atoms with Gasteiger partial charge in [0.05, 0.1) is 0 Å². The summed E-state index contributed by atoms with van der Waals surface area (Å²) in [6.45, 7) is 2.27. The zero-order chi connectivity index (χ0) is 11.2. The number of rotatable bonds is 4. The van der Waals surface area contributed by atoms with Crippen molar-refractivity contribution in [3.05, 3.63) is 60.7 Å². The molecule has 2 heteroatoms. The fraction of sp³-hybridized carbons (Fsp3) is 0.200. The molecule has 0 aliphatic heterocycles. The van der Waals surface area contributed by atoms with E-state index in [0.717, 1.165) is 0 Å². The van der Waals surface area contributed by atoms with Gasteiger partial charge < -0.3 is 6.15 Å². The zero-order valence-corrected chi connectivity index (χ0v) is 11.2. The van der Waals surface area contributed by atoms with Crippen LogP contribution in [0.25, 0.3) is 0 Å². The molecule has 2 aromatic rings. The Kier molecular flexibility index (Phi) is 5.90. The van der Waals surface area contributed by atoms with Crippen molar-refractivity contribution < 1.29 is 0 Å². The van der Waals surface area contributed by atoms with Gasteiger partial charge >= 0.3 is 0 Å². The highest BCUT2D eigenvalue weighted by molar-refractivity contribution is 7.73. The van der Waals surface area contributed by atoms with Gasteiger partial charge in [0.2, 0.25) is 0 Å². The Morgan fingerprint density at radius 3 is 1.53 bits per heavy atom. The van der Waals surface area contributed by atoms with Crippen molar-refractivity contribution >= 4 is 18.5 Å². The lowest BCUT2D eigenvalue weighted by Crippen LogP contribution is -2.13. The smallest absolute Gasteiger partial charge is 0.0195 e. The second kappa shape index (κ2) is 7.21. The summed E-state index contributed by atoms with van der Waals surface area (Å²) in [4.78, 5) is 0. The van der Waals surface area contributed by atoms with Gasteiger partial charge in [0.15, 0.2) is 0 Å². The van der Waals surface area contributed by atoms with Crippen molar-refractivity contribution in [2.45, 2.75) is 13.3 Å². The molecule has 0 aliphatic carbocycles. The summed E-state index contributed by atoms with van der Waals surface area (Å²) in [5.74, 6) is 0. The second-order valence-electron chi connectivity index (χ2n) is 3.82. The maximum absolute atomic E-state index is 2.27. The van der Waals surface area contributed by atoms with Gasteiger partial charge in [0.25, 0.3) is 0 Å². The molecule has 0 saturated carbocycles. The van der Waals surface area contributed by atoms with E-state index in [1.807, 2.05) is 0 Å². The minimum atomic E-state index is -0.151. The van der Waals surface area contributed by atoms with E-state index in [4.69, 9.17) is 0 Å². The molecule has 1 nitrogen and oxygen atoms in total. The van der Waals surface area contributed by atoms with Gasteiger partial charge in [0.1, 0.15) is 0 Å². The van der Waals surface area contributed by atoms with Crippen LogP contribution in [0, 0.1) is 0 Å². The van der Waals surface area contributed by atoms with Crippen LogP contribution >= 0.6 is 7.92 Å². The minimum Gasteiger partial charge on any atom is -0.344 e. The first-order valence-electron chi connectivity index (χ1n) is 5.79. The molecular weight excluding hydrogens is 225 g/mol. The van der Waals surface area contributed by atoms with Crippen molar-refractivity contribution in [1.29, 1.82) is 0 Å². The Balaban J connectivity index is 0.00000144. The second-order valence-corrected chi connectivity index (χ2v) is 6.16. The lowest BCUT2D eigenvalue weighted by atomic mass is 10.4. The lowest BCUT2D eigenvalue weighted by Gasteiger charge is -2.17. The van der Waals surface area contributed by atoms with Gasteiger partial charge in [-0.25, -0.2) is 0 Å². The number of hydrogen-bond donors (Lipinski definition) is 1. The molecule has 17 heavy (non-hydrogen) atoms. The third-order valence-electron chi connectivity index (χ3n) is 2.58. The molecule has 2 aromatic carbocycles. The maximum atomic E-state index is 2.27. The van der Waals surface area contributed by atoms with Crippen molar-refractivity contribution in [2.24, 2.45) is 0 Å². The molecule has 0 unspecified atom stereocenters. The van der Waals surface area contributed by atoms with E-state index in [-0.39, 0.29) is 14.1 Å². The van der Waals surface area contributed by atoms with Crippen LogP contribution in [-0.4, -0.2) is 6.16 Å². The molecule has 0 saturated heterocycles. The van der Waals surface area contributed by atoms with Crippen LogP contribution in [0.3, 0.4) is 0 Å². The molecule has 0 amide bonds. The van der Waals surface area contributed by atoms with Crippen molar-refractivity contribution in [1.82, 2.24) is 6.15 Å². The fourth-order valence-corrected chi connectivity index (χ4v) is 4.17. The molecule has 0 fully saturated rings. The SMILES string of the molecule is CCCP(c1ccccc1)c1ccccc1.N. The summed E-state index contributed by atoms with van der Waals surface area (Å²) in [6, 6.07) is 21.8. The van der Waals surface area contributed by atoms with Gasteiger partial charge in [-0.05, 0) is 24.7 Å².